The van der Waals surface area contributed by atoms with Crippen LogP contribution in [0.15, 0.2) is 18.3 Å². The van der Waals surface area contributed by atoms with Crippen LogP contribution in [0, 0.1) is 0 Å². The van der Waals surface area contributed by atoms with Gasteiger partial charge in [0.2, 0.25) is 0 Å². The molecule has 0 radical (unpaired) electrons. The van der Waals surface area contributed by atoms with E-state index >= 15 is 0 Å². The second-order valence-corrected chi connectivity index (χ2v) is 6.25. The predicted octanol–water partition coefficient (Wildman–Crippen LogP) is 2.86. The van der Waals surface area contributed by atoms with Crippen molar-refractivity contribution in [2.75, 3.05) is 13.1 Å². The molecule has 1 aromatic rings. The zero-order chi connectivity index (χ0) is 15.6. The summed E-state index contributed by atoms with van der Waals surface area (Å²) in [7, 11) is 1.85. The Balaban J connectivity index is 2.08. The summed E-state index contributed by atoms with van der Waals surface area (Å²) in [6.45, 7) is 6.69. The van der Waals surface area contributed by atoms with E-state index < -0.39 is 5.60 Å². The number of hydrogen-bond acceptors (Lipinski definition) is 3. The maximum atomic E-state index is 12.0. The molecule has 1 aromatic heterocycles. The van der Waals surface area contributed by atoms with Crippen LogP contribution in [-0.2, 0) is 11.8 Å². The average Bonchev–Trinajstić information content (AvgIpc) is 2.78. The number of rotatable bonds is 2. The SMILES string of the molecule is Cn1ccc(C2=CCN(C(=O)OC(C)(C)C)CC2)c1C=O. The van der Waals surface area contributed by atoms with E-state index in [2.05, 4.69) is 0 Å². The molecule has 21 heavy (non-hydrogen) atoms. The average molecular weight is 290 g/mol. The standard InChI is InChI=1S/C16H22N2O3/c1-16(2,3)21-15(20)18-9-5-12(6-10-18)13-7-8-17(4)14(13)11-19/h5,7-8,11H,6,9-10H2,1-4H3. The highest BCUT2D eigenvalue weighted by Gasteiger charge is 2.24. The molecule has 0 saturated heterocycles. The van der Waals surface area contributed by atoms with Crippen molar-refractivity contribution in [2.45, 2.75) is 32.8 Å². The van der Waals surface area contributed by atoms with E-state index in [1.807, 2.05) is 50.7 Å². The first-order chi connectivity index (χ1) is 9.81. The molecule has 2 rings (SSSR count). The highest BCUT2D eigenvalue weighted by Crippen LogP contribution is 2.26. The van der Waals surface area contributed by atoms with Gasteiger partial charge in [-0.25, -0.2) is 4.79 Å². The van der Waals surface area contributed by atoms with Crippen molar-refractivity contribution in [2.24, 2.45) is 7.05 Å². The molecule has 0 N–H and O–H groups in total. The number of carbonyl (C=O) groups excluding carboxylic acids is 2. The third-order valence-corrected chi connectivity index (χ3v) is 3.44. The van der Waals surface area contributed by atoms with Crippen molar-refractivity contribution in [3.63, 3.8) is 0 Å². The van der Waals surface area contributed by atoms with Gasteiger partial charge in [0.15, 0.2) is 6.29 Å². The minimum absolute atomic E-state index is 0.290. The molecule has 2 heterocycles. The second kappa shape index (κ2) is 5.76. The van der Waals surface area contributed by atoms with Crippen LogP contribution in [0.5, 0.6) is 0 Å². The molecule has 0 bridgehead atoms. The van der Waals surface area contributed by atoms with E-state index in [1.54, 1.807) is 4.90 Å². The summed E-state index contributed by atoms with van der Waals surface area (Å²) in [5.41, 5.74) is 2.26. The molecule has 0 atom stereocenters. The maximum absolute atomic E-state index is 12.0. The van der Waals surface area contributed by atoms with Gasteiger partial charge in [-0.2, -0.15) is 0 Å². The van der Waals surface area contributed by atoms with E-state index in [1.165, 1.54) is 0 Å². The highest BCUT2D eigenvalue weighted by molar-refractivity contribution is 5.85. The molecule has 0 spiro atoms. The van der Waals surface area contributed by atoms with Gasteiger partial charge in [0, 0.05) is 31.9 Å². The van der Waals surface area contributed by atoms with Gasteiger partial charge in [0.05, 0.1) is 5.69 Å². The molecule has 0 aliphatic carbocycles. The fourth-order valence-electron chi connectivity index (χ4n) is 2.37. The number of aryl methyl sites for hydroxylation is 1. The Morgan fingerprint density at radius 2 is 2.10 bits per heavy atom. The Bertz CT molecular complexity index is 579. The molecule has 1 aliphatic heterocycles. The zero-order valence-corrected chi connectivity index (χ0v) is 13.0. The fraction of sp³-hybridized carbons (Fsp3) is 0.500. The first-order valence-corrected chi connectivity index (χ1v) is 7.09. The molecule has 0 unspecified atom stereocenters. The lowest BCUT2D eigenvalue weighted by Gasteiger charge is -2.29. The first-order valence-electron chi connectivity index (χ1n) is 7.09. The van der Waals surface area contributed by atoms with Gasteiger partial charge in [0.25, 0.3) is 0 Å². The lowest BCUT2D eigenvalue weighted by atomic mass is 10.00. The van der Waals surface area contributed by atoms with Crippen LogP contribution in [0.2, 0.25) is 0 Å². The second-order valence-electron chi connectivity index (χ2n) is 6.25. The highest BCUT2D eigenvalue weighted by atomic mass is 16.6. The molecular formula is C16H22N2O3. The van der Waals surface area contributed by atoms with Crippen molar-refractivity contribution in [3.05, 3.63) is 29.6 Å². The number of hydrogen-bond donors (Lipinski definition) is 0. The summed E-state index contributed by atoms with van der Waals surface area (Å²) < 4.78 is 7.17. The number of aldehydes is 1. The van der Waals surface area contributed by atoms with Crippen LogP contribution < -0.4 is 0 Å². The van der Waals surface area contributed by atoms with Crippen LogP contribution in [0.3, 0.4) is 0 Å². The number of amides is 1. The van der Waals surface area contributed by atoms with Crippen LogP contribution in [0.4, 0.5) is 4.79 Å². The summed E-state index contributed by atoms with van der Waals surface area (Å²) in [5.74, 6) is 0. The molecule has 0 aromatic carbocycles. The van der Waals surface area contributed by atoms with Gasteiger partial charge in [-0.05, 0) is 38.8 Å². The van der Waals surface area contributed by atoms with Crippen LogP contribution in [0.1, 0.15) is 43.2 Å². The topological polar surface area (TPSA) is 51.5 Å². The third kappa shape index (κ3) is 3.54. The Labute approximate surface area is 125 Å². The molecule has 1 amide bonds. The van der Waals surface area contributed by atoms with Crippen molar-refractivity contribution in [1.29, 1.82) is 0 Å². The Kier molecular flexibility index (Phi) is 4.21. The van der Waals surface area contributed by atoms with Crippen molar-refractivity contribution >= 4 is 18.0 Å². The van der Waals surface area contributed by atoms with Crippen molar-refractivity contribution < 1.29 is 14.3 Å². The van der Waals surface area contributed by atoms with Crippen LogP contribution >= 0.6 is 0 Å². The van der Waals surface area contributed by atoms with Crippen molar-refractivity contribution in [1.82, 2.24) is 9.47 Å². The molecule has 0 saturated carbocycles. The lowest BCUT2D eigenvalue weighted by molar-refractivity contribution is 0.0270. The van der Waals surface area contributed by atoms with Gasteiger partial charge >= 0.3 is 6.09 Å². The molecular weight excluding hydrogens is 268 g/mol. The summed E-state index contributed by atoms with van der Waals surface area (Å²) in [6.07, 6.45) is 5.18. The maximum Gasteiger partial charge on any atom is 0.410 e. The first kappa shape index (κ1) is 15.4. The van der Waals surface area contributed by atoms with E-state index in [9.17, 15) is 9.59 Å². The minimum Gasteiger partial charge on any atom is -0.444 e. The zero-order valence-electron chi connectivity index (χ0n) is 13.0. The Morgan fingerprint density at radius 3 is 2.62 bits per heavy atom. The third-order valence-electron chi connectivity index (χ3n) is 3.44. The number of carbonyl (C=O) groups is 2. The van der Waals surface area contributed by atoms with E-state index in [0.29, 0.717) is 18.8 Å². The largest absolute Gasteiger partial charge is 0.444 e. The molecule has 5 nitrogen and oxygen atoms in total. The number of aromatic nitrogens is 1. The lowest BCUT2D eigenvalue weighted by Crippen LogP contribution is -2.39. The monoisotopic (exact) mass is 290 g/mol. The molecule has 0 fully saturated rings. The quantitative estimate of drug-likeness (QED) is 0.787. The molecule has 5 heteroatoms. The van der Waals surface area contributed by atoms with Crippen molar-refractivity contribution in [3.8, 4) is 0 Å². The molecule has 114 valence electrons. The van der Waals surface area contributed by atoms with E-state index in [4.69, 9.17) is 4.74 Å². The van der Waals surface area contributed by atoms with Gasteiger partial charge in [0.1, 0.15) is 5.60 Å². The van der Waals surface area contributed by atoms with Gasteiger partial charge in [-0.15, -0.1) is 0 Å². The van der Waals surface area contributed by atoms with Gasteiger partial charge in [-0.3, -0.25) is 4.79 Å². The smallest absolute Gasteiger partial charge is 0.410 e. The normalized spacial score (nSPS) is 15.6. The Hall–Kier alpha value is -2.04. The van der Waals surface area contributed by atoms with Crippen LogP contribution in [-0.4, -0.2) is 40.5 Å². The Morgan fingerprint density at radius 1 is 1.38 bits per heavy atom. The predicted molar refractivity (Wildman–Crippen MR) is 81.2 cm³/mol. The number of nitrogens with zero attached hydrogens (tertiary/aromatic N) is 2. The summed E-state index contributed by atoms with van der Waals surface area (Å²) in [6, 6.07) is 1.94. The van der Waals surface area contributed by atoms with E-state index in [0.717, 1.165) is 23.8 Å². The van der Waals surface area contributed by atoms with Crippen LogP contribution in [0.25, 0.3) is 5.57 Å². The van der Waals surface area contributed by atoms with Gasteiger partial charge < -0.3 is 14.2 Å². The molecule has 1 aliphatic rings. The number of ether oxygens (including phenoxy) is 1. The summed E-state index contributed by atoms with van der Waals surface area (Å²) in [4.78, 5) is 24.8. The summed E-state index contributed by atoms with van der Waals surface area (Å²) >= 11 is 0. The summed E-state index contributed by atoms with van der Waals surface area (Å²) in [5, 5.41) is 0. The minimum atomic E-state index is -0.481. The van der Waals surface area contributed by atoms with E-state index in [-0.39, 0.29) is 6.09 Å². The fourth-order valence-corrected chi connectivity index (χ4v) is 2.37. The van der Waals surface area contributed by atoms with Gasteiger partial charge in [-0.1, -0.05) is 6.08 Å².